The SMILES string of the molecule is CCCCCOCC(CC)(COCCCCC)COCCCCC. The Morgan fingerprint density at radius 3 is 1.08 bits per heavy atom. The van der Waals surface area contributed by atoms with Gasteiger partial charge in [-0.25, -0.2) is 0 Å². The highest BCUT2D eigenvalue weighted by Crippen LogP contribution is 2.24. The Hall–Kier alpha value is -0.120. The van der Waals surface area contributed by atoms with Crippen LogP contribution in [0.1, 0.15) is 91.9 Å². The fourth-order valence-electron chi connectivity index (χ4n) is 2.66. The molecule has 0 amide bonds. The van der Waals surface area contributed by atoms with Gasteiger partial charge in [-0.05, 0) is 25.7 Å². The molecule has 0 saturated carbocycles. The van der Waals surface area contributed by atoms with Crippen LogP contribution < -0.4 is 0 Å². The number of unbranched alkanes of at least 4 members (excludes halogenated alkanes) is 6. The molecule has 0 fully saturated rings. The van der Waals surface area contributed by atoms with Gasteiger partial charge in [-0.1, -0.05) is 66.2 Å². The Bertz CT molecular complexity index is 207. The van der Waals surface area contributed by atoms with E-state index in [0.717, 1.165) is 65.3 Å². The first-order chi connectivity index (χ1) is 11.7. The van der Waals surface area contributed by atoms with Crippen LogP contribution in [0, 0.1) is 5.41 Å². The fraction of sp³-hybridized carbons (Fsp3) is 1.00. The van der Waals surface area contributed by atoms with Crippen LogP contribution >= 0.6 is 0 Å². The predicted octanol–water partition coefficient (Wildman–Crippen LogP) is 6.00. The van der Waals surface area contributed by atoms with Crippen molar-refractivity contribution in [3.05, 3.63) is 0 Å². The van der Waals surface area contributed by atoms with Gasteiger partial charge in [0.15, 0.2) is 0 Å². The Labute approximate surface area is 151 Å². The first-order valence-corrected chi connectivity index (χ1v) is 10.5. The zero-order valence-electron chi connectivity index (χ0n) is 17.0. The molecule has 0 aliphatic heterocycles. The summed E-state index contributed by atoms with van der Waals surface area (Å²) in [5, 5.41) is 0. The fourth-order valence-corrected chi connectivity index (χ4v) is 2.66. The summed E-state index contributed by atoms with van der Waals surface area (Å²) in [6, 6.07) is 0. The average Bonchev–Trinajstić information content (AvgIpc) is 2.60. The van der Waals surface area contributed by atoms with Crippen LogP contribution in [-0.2, 0) is 14.2 Å². The number of hydrogen-bond donors (Lipinski definition) is 0. The van der Waals surface area contributed by atoms with E-state index in [1.165, 1.54) is 38.5 Å². The molecule has 0 aromatic heterocycles. The van der Waals surface area contributed by atoms with E-state index >= 15 is 0 Å². The number of rotatable bonds is 19. The molecule has 0 N–H and O–H groups in total. The van der Waals surface area contributed by atoms with Crippen molar-refractivity contribution in [3.63, 3.8) is 0 Å². The van der Waals surface area contributed by atoms with Gasteiger partial charge in [-0.3, -0.25) is 0 Å². The Balaban J connectivity index is 4.23. The molecule has 0 aliphatic rings. The summed E-state index contributed by atoms with van der Waals surface area (Å²) in [5.74, 6) is 0. The third-order valence-electron chi connectivity index (χ3n) is 4.65. The van der Waals surface area contributed by atoms with Gasteiger partial charge < -0.3 is 14.2 Å². The van der Waals surface area contributed by atoms with Gasteiger partial charge in [0.25, 0.3) is 0 Å². The molecule has 0 heterocycles. The lowest BCUT2D eigenvalue weighted by molar-refractivity contribution is -0.0727. The molecule has 0 radical (unpaired) electrons. The number of hydrogen-bond acceptors (Lipinski definition) is 3. The predicted molar refractivity (Wildman–Crippen MR) is 104 cm³/mol. The van der Waals surface area contributed by atoms with Crippen LogP contribution in [0.3, 0.4) is 0 Å². The van der Waals surface area contributed by atoms with Crippen molar-refractivity contribution >= 4 is 0 Å². The van der Waals surface area contributed by atoms with Crippen molar-refractivity contribution in [2.75, 3.05) is 39.6 Å². The summed E-state index contributed by atoms with van der Waals surface area (Å²) in [4.78, 5) is 0. The van der Waals surface area contributed by atoms with Crippen LogP contribution in [0.2, 0.25) is 0 Å². The molecule has 146 valence electrons. The van der Waals surface area contributed by atoms with Crippen LogP contribution in [0.5, 0.6) is 0 Å². The van der Waals surface area contributed by atoms with Crippen molar-refractivity contribution in [1.82, 2.24) is 0 Å². The standard InChI is InChI=1S/C21H44O3/c1-5-9-12-15-22-18-21(8-4,19-23-16-13-10-6-2)20-24-17-14-11-7-3/h5-20H2,1-4H3. The van der Waals surface area contributed by atoms with E-state index in [4.69, 9.17) is 14.2 Å². The smallest absolute Gasteiger partial charge is 0.0566 e. The second kappa shape index (κ2) is 17.7. The molecular weight excluding hydrogens is 300 g/mol. The minimum absolute atomic E-state index is 0.0185. The molecule has 3 heteroatoms. The second-order valence-electron chi connectivity index (χ2n) is 7.13. The lowest BCUT2D eigenvalue weighted by Crippen LogP contribution is -2.37. The molecule has 0 rings (SSSR count). The summed E-state index contributed by atoms with van der Waals surface area (Å²) in [5.41, 5.74) is 0.0185. The molecule has 0 aromatic carbocycles. The van der Waals surface area contributed by atoms with Crippen molar-refractivity contribution in [3.8, 4) is 0 Å². The molecule has 0 unspecified atom stereocenters. The summed E-state index contributed by atoms with van der Waals surface area (Å²) in [7, 11) is 0. The first-order valence-electron chi connectivity index (χ1n) is 10.5. The van der Waals surface area contributed by atoms with Crippen LogP contribution in [0.15, 0.2) is 0 Å². The van der Waals surface area contributed by atoms with E-state index in [-0.39, 0.29) is 5.41 Å². The van der Waals surface area contributed by atoms with Gasteiger partial charge >= 0.3 is 0 Å². The molecule has 0 saturated heterocycles. The summed E-state index contributed by atoms with van der Waals surface area (Å²) < 4.78 is 18.0. The highest BCUT2D eigenvalue weighted by molar-refractivity contribution is 4.77. The summed E-state index contributed by atoms with van der Waals surface area (Å²) in [6.45, 7) is 13.8. The molecule has 0 bridgehead atoms. The van der Waals surface area contributed by atoms with Gasteiger partial charge in [0, 0.05) is 25.2 Å². The van der Waals surface area contributed by atoms with Crippen molar-refractivity contribution in [1.29, 1.82) is 0 Å². The maximum absolute atomic E-state index is 5.99. The normalized spacial score (nSPS) is 12.0. The molecule has 24 heavy (non-hydrogen) atoms. The van der Waals surface area contributed by atoms with Crippen molar-refractivity contribution < 1.29 is 14.2 Å². The lowest BCUT2D eigenvalue weighted by Gasteiger charge is -2.32. The van der Waals surface area contributed by atoms with Gasteiger partial charge in [0.05, 0.1) is 19.8 Å². The first kappa shape index (κ1) is 23.9. The summed E-state index contributed by atoms with van der Waals surface area (Å²) >= 11 is 0. The third kappa shape index (κ3) is 13.2. The van der Waals surface area contributed by atoms with Crippen molar-refractivity contribution in [2.45, 2.75) is 91.9 Å². The van der Waals surface area contributed by atoms with Crippen LogP contribution in [0.25, 0.3) is 0 Å². The highest BCUT2D eigenvalue weighted by Gasteiger charge is 2.29. The van der Waals surface area contributed by atoms with Gasteiger partial charge in [-0.2, -0.15) is 0 Å². The Kier molecular flexibility index (Phi) is 17.6. The largest absolute Gasteiger partial charge is 0.381 e. The molecule has 0 aliphatic carbocycles. The molecule has 0 spiro atoms. The highest BCUT2D eigenvalue weighted by atomic mass is 16.5. The maximum Gasteiger partial charge on any atom is 0.0566 e. The molecule has 0 aromatic rings. The monoisotopic (exact) mass is 344 g/mol. The van der Waals surface area contributed by atoms with Gasteiger partial charge in [0.1, 0.15) is 0 Å². The average molecular weight is 345 g/mol. The summed E-state index contributed by atoms with van der Waals surface area (Å²) in [6.07, 6.45) is 12.0. The van der Waals surface area contributed by atoms with E-state index < -0.39 is 0 Å². The zero-order valence-corrected chi connectivity index (χ0v) is 17.0. The van der Waals surface area contributed by atoms with E-state index in [0.29, 0.717) is 0 Å². The van der Waals surface area contributed by atoms with Crippen molar-refractivity contribution in [2.24, 2.45) is 5.41 Å². The third-order valence-corrected chi connectivity index (χ3v) is 4.65. The quantitative estimate of drug-likeness (QED) is 0.269. The molecular formula is C21H44O3. The lowest BCUT2D eigenvalue weighted by atomic mass is 9.88. The molecule has 3 nitrogen and oxygen atoms in total. The number of ether oxygens (including phenoxy) is 3. The Morgan fingerprint density at radius 2 is 0.833 bits per heavy atom. The van der Waals surface area contributed by atoms with Crippen LogP contribution in [-0.4, -0.2) is 39.6 Å². The molecule has 0 atom stereocenters. The second-order valence-corrected chi connectivity index (χ2v) is 7.13. The van der Waals surface area contributed by atoms with Gasteiger partial charge in [-0.15, -0.1) is 0 Å². The minimum atomic E-state index is 0.0185. The zero-order chi connectivity index (χ0) is 17.9. The van der Waals surface area contributed by atoms with Crippen LogP contribution in [0.4, 0.5) is 0 Å². The van der Waals surface area contributed by atoms with E-state index in [1.54, 1.807) is 0 Å². The Morgan fingerprint density at radius 1 is 0.500 bits per heavy atom. The van der Waals surface area contributed by atoms with E-state index in [2.05, 4.69) is 27.7 Å². The minimum Gasteiger partial charge on any atom is -0.381 e. The van der Waals surface area contributed by atoms with E-state index in [1.807, 2.05) is 0 Å². The van der Waals surface area contributed by atoms with E-state index in [9.17, 15) is 0 Å². The topological polar surface area (TPSA) is 27.7 Å². The van der Waals surface area contributed by atoms with Gasteiger partial charge in [0.2, 0.25) is 0 Å². The maximum atomic E-state index is 5.99.